The van der Waals surface area contributed by atoms with E-state index in [4.69, 9.17) is 5.73 Å². The van der Waals surface area contributed by atoms with Crippen LogP contribution >= 0.6 is 0 Å². The number of hydrogen-bond acceptors (Lipinski definition) is 4. The molecule has 0 radical (unpaired) electrons. The summed E-state index contributed by atoms with van der Waals surface area (Å²) in [7, 11) is -3.43. The lowest BCUT2D eigenvalue weighted by Gasteiger charge is -2.28. The minimum absolute atomic E-state index is 0.0257. The molecule has 1 rings (SSSR count). The molecule has 142 valence electrons. The van der Waals surface area contributed by atoms with E-state index >= 15 is 0 Å². The Morgan fingerprint density at radius 3 is 2.00 bits per heavy atom. The number of nitrogens with one attached hydrogen (secondary N) is 1. The number of carbonyl (C=O) groups excluding carboxylic acids is 1. The highest BCUT2D eigenvalue weighted by atomic mass is 32.2. The van der Waals surface area contributed by atoms with Gasteiger partial charge in [0.25, 0.3) is 0 Å². The van der Waals surface area contributed by atoms with E-state index in [1.54, 1.807) is 12.1 Å². The molecule has 0 saturated carbocycles. The number of carbonyl (C=O) groups is 1. The fourth-order valence-electron chi connectivity index (χ4n) is 2.72. The van der Waals surface area contributed by atoms with Crippen molar-refractivity contribution in [3.63, 3.8) is 0 Å². The third-order valence-electron chi connectivity index (χ3n) is 4.96. The zero-order chi connectivity index (χ0) is 19.3. The van der Waals surface area contributed by atoms with Gasteiger partial charge < -0.3 is 11.1 Å². The molecule has 0 spiro atoms. The van der Waals surface area contributed by atoms with Gasteiger partial charge in [-0.05, 0) is 36.0 Å². The van der Waals surface area contributed by atoms with Gasteiger partial charge in [-0.1, -0.05) is 46.8 Å². The van der Waals surface area contributed by atoms with E-state index in [-0.39, 0.29) is 35.1 Å². The molecule has 0 aliphatic rings. The van der Waals surface area contributed by atoms with Crippen LogP contribution in [0, 0.1) is 5.41 Å². The lowest BCUT2D eigenvalue weighted by atomic mass is 9.81. The van der Waals surface area contributed by atoms with Gasteiger partial charge in [0.1, 0.15) is 0 Å². The maximum absolute atomic E-state index is 12.5. The van der Waals surface area contributed by atoms with Crippen LogP contribution < -0.4 is 11.1 Å². The lowest BCUT2D eigenvalue weighted by molar-refractivity contribution is -0.130. The first-order valence-electron chi connectivity index (χ1n) is 8.84. The molecular formula is C19H32N2O3S. The zero-order valence-electron chi connectivity index (χ0n) is 16.1. The molecule has 0 aliphatic carbocycles. The maximum atomic E-state index is 12.5. The minimum atomic E-state index is -3.43. The highest BCUT2D eigenvalue weighted by molar-refractivity contribution is 7.91. The fourth-order valence-corrected chi connectivity index (χ4v) is 3.88. The first kappa shape index (κ1) is 21.6. The summed E-state index contributed by atoms with van der Waals surface area (Å²) in [4.78, 5) is 12.6. The summed E-state index contributed by atoms with van der Waals surface area (Å²) in [5.74, 6) is -0.292. The molecule has 3 N–H and O–H groups in total. The Balaban J connectivity index is 2.75. The largest absolute Gasteiger partial charge is 0.355 e. The molecule has 5 nitrogen and oxygen atoms in total. The molecule has 0 bridgehead atoms. The molecule has 25 heavy (non-hydrogen) atoms. The molecule has 0 aromatic heterocycles. The highest BCUT2D eigenvalue weighted by Gasteiger charge is 2.33. The third-order valence-corrected chi connectivity index (χ3v) is 6.69. The summed E-state index contributed by atoms with van der Waals surface area (Å²) < 4.78 is 24.9. The average Bonchev–Trinajstić information content (AvgIpc) is 2.56. The van der Waals surface area contributed by atoms with Crippen molar-refractivity contribution < 1.29 is 13.2 Å². The van der Waals surface area contributed by atoms with Crippen LogP contribution in [0.3, 0.4) is 0 Å². The Kier molecular flexibility index (Phi) is 7.20. The van der Waals surface area contributed by atoms with Crippen LogP contribution in [0.15, 0.2) is 29.2 Å². The van der Waals surface area contributed by atoms with E-state index < -0.39 is 15.3 Å². The molecule has 0 atom stereocenters. The van der Waals surface area contributed by atoms with Crippen LogP contribution in [0.2, 0.25) is 0 Å². The van der Waals surface area contributed by atoms with Crippen LogP contribution in [0.4, 0.5) is 0 Å². The topological polar surface area (TPSA) is 89.3 Å². The normalized spacial score (nSPS) is 12.9. The van der Waals surface area contributed by atoms with E-state index in [1.165, 1.54) is 0 Å². The maximum Gasteiger partial charge on any atom is 0.227 e. The Hall–Kier alpha value is -1.40. The SMILES string of the molecule is CCC(CC)(CN)C(=O)NCCS(=O)(=O)c1ccc(C(C)(C)C)cc1. The molecule has 0 saturated heterocycles. The molecule has 0 aliphatic heterocycles. The van der Waals surface area contributed by atoms with Gasteiger partial charge in [0.2, 0.25) is 5.91 Å². The Morgan fingerprint density at radius 2 is 1.60 bits per heavy atom. The van der Waals surface area contributed by atoms with Gasteiger partial charge >= 0.3 is 0 Å². The smallest absolute Gasteiger partial charge is 0.227 e. The van der Waals surface area contributed by atoms with Gasteiger partial charge in [0.05, 0.1) is 16.1 Å². The summed E-state index contributed by atoms with van der Waals surface area (Å²) in [5, 5.41) is 2.74. The molecule has 1 aromatic carbocycles. The summed E-state index contributed by atoms with van der Waals surface area (Å²) in [5.41, 5.74) is 6.19. The number of hydrogen-bond donors (Lipinski definition) is 2. The van der Waals surface area contributed by atoms with Crippen LogP contribution in [-0.2, 0) is 20.0 Å². The first-order valence-corrected chi connectivity index (χ1v) is 10.5. The molecule has 0 unspecified atom stereocenters. The van der Waals surface area contributed by atoms with E-state index in [0.717, 1.165) is 5.56 Å². The second-order valence-corrected chi connectivity index (χ2v) is 9.65. The predicted octanol–water partition coefficient (Wildman–Crippen LogP) is 2.64. The van der Waals surface area contributed by atoms with E-state index in [1.807, 2.05) is 26.0 Å². The van der Waals surface area contributed by atoms with Crippen molar-refractivity contribution in [2.45, 2.75) is 57.8 Å². The van der Waals surface area contributed by atoms with Gasteiger partial charge in [0.15, 0.2) is 9.84 Å². The molecule has 0 fully saturated rings. The second kappa shape index (κ2) is 8.32. The van der Waals surface area contributed by atoms with Crippen LogP contribution in [0.5, 0.6) is 0 Å². The fraction of sp³-hybridized carbons (Fsp3) is 0.632. The van der Waals surface area contributed by atoms with Gasteiger partial charge in [-0.2, -0.15) is 0 Å². The minimum Gasteiger partial charge on any atom is -0.355 e. The molecule has 6 heteroatoms. The average molecular weight is 369 g/mol. The van der Waals surface area contributed by atoms with Crippen molar-refractivity contribution >= 4 is 15.7 Å². The van der Waals surface area contributed by atoms with Crippen LogP contribution in [0.25, 0.3) is 0 Å². The number of rotatable bonds is 8. The van der Waals surface area contributed by atoms with Gasteiger partial charge in [-0.25, -0.2) is 8.42 Å². The first-order chi connectivity index (χ1) is 11.5. The standard InChI is InChI=1S/C19H32N2O3S/c1-6-19(7-2,14-20)17(22)21-12-13-25(23,24)16-10-8-15(9-11-16)18(3,4)5/h8-11H,6-7,12-14,20H2,1-5H3,(H,21,22). The zero-order valence-corrected chi connectivity index (χ0v) is 16.9. The molecular weight excluding hydrogens is 336 g/mol. The Bertz CT molecular complexity index is 661. The number of nitrogens with two attached hydrogens (primary N) is 1. The Labute approximate surface area is 152 Å². The second-order valence-electron chi connectivity index (χ2n) is 7.54. The summed E-state index contributed by atoms with van der Waals surface area (Å²) in [6.07, 6.45) is 1.26. The van der Waals surface area contributed by atoms with Crippen molar-refractivity contribution in [3.05, 3.63) is 29.8 Å². The lowest BCUT2D eigenvalue weighted by Crippen LogP contribution is -2.46. The van der Waals surface area contributed by atoms with Crippen molar-refractivity contribution in [1.82, 2.24) is 5.32 Å². The van der Waals surface area contributed by atoms with Crippen molar-refractivity contribution in [1.29, 1.82) is 0 Å². The van der Waals surface area contributed by atoms with E-state index in [9.17, 15) is 13.2 Å². The van der Waals surface area contributed by atoms with E-state index in [0.29, 0.717) is 12.8 Å². The molecule has 1 aromatic rings. The number of benzene rings is 1. The quantitative estimate of drug-likeness (QED) is 0.738. The monoisotopic (exact) mass is 368 g/mol. The van der Waals surface area contributed by atoms with Crippen molar-refractivity contribution in [2.24, 2.45) is 11.1 Å². The van der Waals surface area contributed by atoms with Gasteiger partial charge in [0, 0.05) is 13.1 Å². The third kappa shape index (κ3) is 5.28. The number of amides is 1. The van der Waals surface area contributed by atoms with Gasteiger partial charge in [-0.15, -0.1) is 0 Å². The summed E-state index contributed by atoms with van der Waals surface area (Å²) in [6.45, 7) is 10.4. The van der Waals surface area contributed by atoms with Crippen molar-refractivity contribution in [3.8, 4) is 0 Å². The summed E-state index contributed by atoms with van der Waals surface area (Å²) >= 11 is 0. The van der Waals surface area contributed by atoms with Gasteiger partial charge in [-0.3, -0.25) is 4.79 Å². The van der Waals surface area contributed by atoms with Crippen molar-refractivity contribution in [2.75, 3.05) is 18.8 Å². The highest BCUT2D eigenvalue weighted by Crippen LogP contribution is 2.25. The number of sulfone groups is 1. The Morgan fingerprint density at radius 1 is 1.08 bits per heavy atom. The molecule has 0 heterocycles. The predicted molar refractivity (Wildman–Crippen MR) is 102 cm³/mol. The summed E-state index contributed by atoms with van der Waals surface area (Å²) in [6, 6.07) is 6.97. The van der Waals surface area contributed by atoms with Crippen LogP contribution in [0.1, 0.15) is 53.0 Å². The molecule has 1 amide bonds. The van der Waals surface area contributed by atoms with E-state index in [2.05, 4.69) is 26.1 Å². The van der Waals surface area contributed by atoms with Crippen LogP contribution in [-0.4, -0.2) is 33.2 Å².